The second-order valence-electron chi connectivity index (χ2n) is 5.36. The van der Waals surface area contributed by atoms with Gasteiger partial charge in [0.1, 0.15) is 0 Å². The van der Waals surface area contributed by atoms with Crippen LogP contribution in [0.3, 0.4) is 0 Å². The van der Waals surface area contributed by atoms with Crippen molar-refractivity contribution in [1.29, 1.82) is 0 Å². The van der Waals surface area contributed by atoms with Crippen LogP contribution in [0.5, 0.6) is 0 Å². The summed E-state index contributed by atoms with van der Waals surface area (Å²) in [6.07, 6.45) is 7.48. The Morgan fingerprint density at radius 1 is 1.05 bits per heavy atom. The quantitative estimate of drug-likeness (QED) is 0.501. The molecule has 0 fully saturated rings. The van der Waals surface area contributed by atoms with Crippen LogP contribution < -0.4 is 10.7 Å². The maximum Gasteiger partial charge on any atom is 0.0737 e. The van der Waals surface area contributed by atoms with E-state index in [4.69, 9.17) is 4.99 Å². The van der Waals surface area contributed by atoms with Gasteiger partial charge >= 0.3 is 0 Å². The largest absolute Gasteiger partial charge is 0.355 e. The number of H-pyrrole nitrogens is 1. The molecule has 1 N–H and O–H groups in total. The van der Waals surface area contributed by atoms with Gasteiger partial charge in [-0.2, -0.15) is 0 Å². The van der Waals surface area contributed by atoms with Gasteiger partial charge in [-0.25, -0.2) is 4.99 Å². The van der Waals surface area contributed by atoms with Crippen molar-refractivity contribution < 1.29 is 0 Å². The van der Waals surface area contributed by atoms with Crippen LogP contribution in [0.15, 0.2) is 53.5 Å². The van der Waals surface area contributed by atoms with Gasteiger partial charge in [0, 0.05) is 27.4 Å². The summed E-state index contributed by atoms with van der Waals surface area (Å²) in [4.78, 5) is 8.23. The van der Waals surface area contributed by atoms with E-state index >= 15 is 0 Å². The molecule has 0 saturated heterocycles. The summed E-state index contributed by atoms with van der Waals surface area (Å²) in [6.45, 7) is 0. The lowest BCUT2D eigenvalue weighted by Gasteiger charge is -2.01. The Labute approximate surface area is 115 Å². The number of allylic oxidation sites excluding steroid dienone is 2. The Balaban J connectivity index is 1.92. The predicted molar refractivity (Wildman–Crippen MR) is 81.5 cm³/mol. The number of hydrogen-bond acceptors (Lipinski definition) is 1. The molecule has 20 heavy (non-hydrogen) atoms. The van der Waals surface area contributed by atoms with Crippen molar-refractivity contribution in [2.45, 2.75) is 6.42 Å². The van der Waals surface area contributed by atoms with Crippen molar-refractivity contribution in [2.24, 2.45) is 4.99 Å². The molecule has 5 rings (SSSR count). The molecule has 0 bridgehead atoms. The molecule has 1 aliphatic carbocycles. The summed E-state index contributed by atoms with van der Waals surface area (Å²) in [5.41, 5.74) is 6.16. The Hall–Kier alpha value is -2.61. The average molecular weight is 256 g/mol. The first kappa shape index (κ1) is 10.2. The third-order valence-corrected chi connectivity index (χ3v) is 4.21. The van der Waals surface area contributed by atoms with Crippen molar-refractivity contribution in [1.82, 2.24) is 4.98 Å². The molecule has 94 valence electrons. The summed E-state index contributed by atoms with van der Waals surface area (Å²) >= 11 is 0. The van der Waals surface area contributed by atoms with Gasteiger partial charge in [-0.05, 0) is 36.3 Å². The molecule has 2 heteroatoms. The highest BCUT2D eigenvalue weighted by Gasteiger charge is 2.16. The molecule has 0 amide bonds. The molecule has 2 aliphatic rings. The first-order valence-corrected chi connectivity index (χ1v) is 6.90. The zero-order valence-electron chi connectivity index (χ0n) is 10.9. The maximum absolute atomic E-state index is 4.73. The molecular weight excluding hydrogens is 244 g/mol. The highest BCUT2D eigenvalue weighted by molar-refractivity contribution is 5.92. The van der Waals surface area contributed by atoms with Crippen LogP contribution in [0.1, 0.15) is 5.56 Å². The van der Waals surface area contributed by atoms with E-state index in [0.29, 0.717) is 0 Å². The SMILES string of the molecule is C1=CCc2c([nH]c3cc4c(cc23)-c2ccccc2N=4)=C1. The predicted octanol–water partition coefficient (Wildman–Crippen LogP) is 2.99. The van der Waals surface area contributed by atoms with E-state index in [2.05, 4.69) is 53.5 Å². The number of para-hydroxylation sites is 1. The number of aromatic nitrogens is 1. The van der Waals surface area contributed by atoms with Crippen molar-refractivity contribution in [3.63, 3.8) is 0 Å². The molecule has 2 heterocycles. The highest BCUT2D eigenvalue weighted by Crippen LogP contribution is 2.33. The van der Waals surface area contributed by atoms with Crippen molar-refractivity contribution in [3.05, 3.63) is 64.8 Å². The second-order valence-corrected chi connectivity index (χ2v) is 5.36. The molecule has 0 atom stereocenters. The molecule has 3 aromatic rings. The van der Waals surface area contributed by atoms with E-state index < -0.39 is 0 Å². The van der Waals surface area contributed by atoms with E-state index in [1.807, 2.05) is 6.07 Å². The van der Waals surface area contributed by atoms with Crippen LogP contribution in [-0.4, -0.2) is 4.98 Å². The zero-order valence-corrected chi connectivity index (χ0v) is 10.9. The number of nitrogens with one attached hydrogen (secondary N) is 1. The molecule has 0 spiro atoms. The third kappa shape index (κ3) is 1.21. The van der Waals surface area contributed by atoms with E-state index in [9.17, 15) is 0 Å². The Morgan fingerprint density at radius 3 is 3.00 bits per heavy atom. The number of nitrogens with zero attached hydrogens (tertiary/aromatic N) is 1. The molecule has 1 aliphatic heterocycles. The summed E-state index contributed by atoms with van der Waals surface area (Å²) < 4.78 is 0. The number of rotatable bonds is 0. The summed E-state index contributed by atoms with van der Waals surface area (Å²) in [5.74, 6) is 0. The van der Waals surface area contributed by atoms with Crippen molar-refractivity contribution >= 4 is 22.7 Å². The Kier molecular flexibility index (Phi) is 1.78. The zero-order chi connectivity index (χ0) is 13.1. The second kappa shape index (κ2) is 3.48. The van der Waals surface area contributed by atoms with Gasteiger partial charge in [-0.3, -0.25) is 0 Å². The Bertz CT molecular complexity index is 1020. The number of aromatic amines is 1. The van der Waals surface area contributed by atoms with Crippen LogP contribution in [0.4, 0.5) is 5.69 Å². The minimum atomic E-state index is 1.00. The number of fused-ring (bicyclic) bond motifs is 6. The highest BCUT2D eigenvalue weighted by atomic mass is 14.8. The normalized spacial score (nSPS) is 14.4. The van der Waals surface area contributed by atoms with E-state index in [0.717, 1.165) is 17.5 Å². The summed E-state index contributed by atoms with van der Waals surface area (Å²) in [6, 6.07) is 12.8. The smallest absolute Gasteiger partial charge is 0.0737 e. The van der Waals surface area contributed by atoms with Gasteiger partial charge in [0.2, 0.25) is 0 Å². The molecule has 1 aromatic heterocycles. The minimum absolute atomic E-state index is 1.00. The molecule has 2 aromatic carbocycles. The van der Waals surface area contributed by atoms with Crippen molar-refractivity contribution in [3.8, 4) is 11.1 Å². The monoisotopic (exact) mass is 256 g/mol. The van der Waals surface area contributed by atoms with Crippen LogP contribution in [0.2, 0.25) is 0 Å². The molecule has 2 nitrogen and oxygen atoms in total. The fourth-order valence-electron chi connectivity index (χ4n) is 3.26. The topological polar surface area (TPSA) is 28.1 Å². The average Bonchev–Trinajstić information content (AvgIpc) is 3.02. The standard InChI is InChI=1S/C18H12N2/c1-3-7-15-11(5-1)13-9-14-12-6-2-4-8-16(12)20-18(14)10-17(13)19-15/h1-5,7-10,20H,6H2. The summed E-state index contributed by atoms with van der Waals surface area (Å²) in [5, 5.41) is 3.64. The van der Waals surface area contributed by atoms with Crippen molar-refractivity contribution in [2.75, 3.05) is 0 Å². The van der Waals surface area contributed by atoms with Gasteiger partial charge < -0.3 is 4.98 Å². The van der Waals surface area contributed by atoms with Gasteiger partial charge in [0.25, 0.3) is 0 Å². The number of benzene rings is 2. The lowest BCUT2D eigenvalue weighted by atomic mass is 10.0. The van der Waals surface area contributed by atoms with Gasteiger partial charge in [0.15, 0.2) is 0 Å². The van der Waals surface area contributed by atoms with Gasteiger partial charge in [0.05, 0.1) is 11.0 Å². The first-order chi connectivity index (χ1) is 9.90. The molecule has 0 saturated carbocycles. The molecule has 0 unspecified atom stereocenters. The third-order valence-electron chi connectivity index (χ3n) is 4.21. The Morgan fingerprint density at radius 2 is 2.00 bits per heavy atom. The molecular formula is C18H12N2. The van der Waals surface area contributed by atoms with Crippen LogP contribution in [0, 0.1) is 0 Å². The lowest BCUT2D eigenvalue weighted by Crippen LogP contribution is -2.08. The molecule has 0 radical (unpaired) electrons. The van der Waals surface area contributed by atoms with E-state index in [1.54, 1.807) is 0 Å². The first-order valence-electron chi connectivity index (χ1n) is 6.90. The van der Waals surface area contributed by atoms with Crippen LogP contribution in [0.25, 0.3) is 28.1 Å². The fraction of sp³-hybridized carbons (Fsp3) is 0.0556. The van der Waals surface area contributed by atoms with Crippen LogP contribution in [-0.2, 0) is 6.42 Å². The fourth-order valence-corrected chi connectivity index (χ4v) is 3.26. The maximum atomic E-state index is 4.73. The number of hydrogen-bond donors (Lipinski definition) is 1. The minimum Gasteiger partial charge on any atom is -0.355 e. The van der Waals surface area contributed by atoms with Gasteiger partial charge in [-0.15, -0.1) is 0 Å². The lowest BCUT2D eigenvalue weighted by molar-refractivity contribution is 1.21. The van der Waals surface area contributed by atoms with Crippen LogP contribution >= 0.6 is 0 Å². The van der Waals surface area contributed by atoms with E-state index in [1.165, 1.54) is 32.9 Å². The van der Waals surface area contributed by atoms with Gasteiger partial charge in [-0.1, -0.05) is 30.4 Å². The summed E-state index contributed by atoms with van der Waals surface area (Å²) in [7, 11) is 0. The van der Waals surface area contributed by atoms with E-state index in [-0.39, 0.29) is 0 Å².